The van der Waals surface area contributed by atoms with Gasteiger partial charge in [-0.05, 0) is 6.07 Å². The van der Waals surface area contributed by atoms with Crippen LogP contribution in [0.1, 0.15) is 11.6 Å². The van der Waals surface area contributed by atoms with Crippen molar-refractivity contribution in [3.8, 4) is 5.75 Å². The first-order valence-electron chi connectivity index (χ1n) is 4.58. The van der Waals surface area contributed by atoms with Crippen molar-refractivity contribution in [2.45, 2.75) is 12.2 Å². The van der Waals surface area contributed by atoms with E-state index in [9.17, 15) is 13.2 Å². The Hall–Kier alpha value is -1.23. The van der Waals surface area contributed by atoms with E-state index in [4.69, 9.17) is 4.74 Å². The van der Waals surface area contributed by atoms with Gasteiger partial charge < -0.3 is 4.74 Å². The van der Waals surface area contributed by atoms with Crippen LogP contribution >= 0.6 is 0 Å². The van der Waals surface area contributed by atoms with Gasteiger partial charge in [0.2, 0.25) is 0 Å². The topological polar surface area (TPSA) is 21.3 Å². The van der Waals surface area contributed by atoms with Crippen LogP contribution in [0.5, 0.6) is 5.75 Å². The van der Waals surface area contributed by atoms with Crippen molar-refractivity contribution in [3.63, 3.8) is 0 Å². The van der Waals surface area contributed by atoms with E-state index in [1.807, 2.05) is 0 Å². The number of fused-ring (bicyclic) bond motifs is 1. The molecule has 0 spiro atoms. The Morgan fingerprint density at radius 3 is 2.80 bits per heavy atom. The van der Waals surface area contributed by atoms with Gasteiger partial charge in [0.25, 0.3) is 0 Å². The van der Waals surface area contributed by atoms with Crippen molar-refractivity contribution in [3.05, 3.63) is 29.8 Å². The molecule has 1 aliphatic heterocycles. The van der Waals surface area contributed by atoms with Gasteiger partial charge in [-0.2, -0.15) is 13.2 Å². The highest BCUT2D eigenvalue weighted by Gasteiger charge is 2.31. The third-order valence-corrected chi connectivity index (χ3v) is 2.25. The summed E-state index contributed by atoms with van der Waals surface area (Å²) in [4.78, 5) is 0. The van der Waals surface area contributed by atoms with Gasteiger partial charge in [-0.25, -0.2) is 0 Å². The van der Waals surface area contributed by atoms with Crippen molar-refractivity contribution in [2.24, 2.45) is 0 Å². The Bertz CT molecular complexity index is 351. The average molecular weight is 217 g/mol. The summed E-state index contributed by atoms with van der Waals surface area (Å²) in [7, 11) is 0. The predicted molar refractivity (Wildman–Crippen MR) is 48.7 cm³/mol. The van der Waals surface area contributed by atoms with Gasteiger partial charge in [0.1, 0.15) is 12.4 Å². The number of benzene rings is 1. The quantitative estimate of drug-likeness (QED) is 0.820. The van der Waals surface area contributed by atoms with E-state index in [1.54, 1.807) is 24.3 Å². The van der Waals surface area contributed by atoms with Gasteiger partial charge in [-0.15, -0.1) is 0 Å². The Morgan fingerprint density at radius 2 is 2.07 bits per heavy atom. The largest absolute Gasteiger partial charge is 0.491 e. The summed E-state index contributed by atoms with van der Waals surface area (Å²) in [5.74, 6) is 0.664. The number of para-hydroxylation sites is 1. The maximum Gasteiger partial charge on any atom is 0.401 e. The van der Waals surface area contributed by atoms with Gasteiger partial charge in [-0.1, -0.05) is 18.2 Å². The van der Waals surface area contributed by atoms with Crippen molar-refractivity contribution in [1.82, 2.24) is 5.32 Å². The lowest BCUT2D eigenvalue weighted by Gasteiger charge is -2.13. The first kappa shape index (κ1) is 10.3. The van der Waals surface area contributed by atoms with E-state index in [1.165, 1.54) is 0 Å². The number of rotatable bonds is 2. The first-order valence-corrected chi connectivity index (χ1v) is 4.58. The summed E-state index contributed by atoms with van der Waals surface area (Å²) in [6, 6.07) is 6.75. The molecule has 15 heavy (non-hydrogen) atoms. The fourth-order valence-corrected chi connectivity index (χ4v) is 1.57. The Morgan fingerprint density at radius 1 is 1.33 bits per heavy atom. The van der Waals surface area contributed by atoms with E-state index in [-0.39, 0.29) is 12.6 Å². The van der Waals surface area contributed by atoms with E-state index in [2.05, 4.69) is 5.32 Å². The lowest BCUT2D eigenvalue weighted by molar-refractivity contribution is -0.126. The highest BCUT2D eigenvalue weighted by atomic mass is 19.4. The molecule has 1 aromatic rings. The summed E-state index contributed by atoms with van der Waals surface area (Å²) in [6.45, 7) is -0.731. The number of halogens is 3. The average Bonchev–Trinajstić information content (AvgIpc) is 2.57. The molecule has 0 aliphatic carbocycles. The molecule has 1 unspecified atom stereocenters. The second-order valence-corrected chi connectivity index (χ2v) is 3.40. The van der Waals surface area contributed by atoms with Crippen LogP contribution < -0.4 is 10.1 Å². The van der Waals surface area contributed by atoms with E-state index in [0.29, 0.717) is 5.75 Å². The third-order valence-electron chi connectivity index (χ3n) is 2.25. The Kier molecular flexibility index (Phi) is 2.56. The van der Waals surface area contributed by atoms with Crippen LogP contribution in [0.3, 0.4) is 0 Å². The van der Waals surface area contributed by atoms with Crippen molar-refractivity contribution in [2.75, 3.05) is 13.2 Å². The van der Waals surface area contributed by atoms with Gasteiger partial charge in [0.05, 0.1) is 12.6 Å². The second kappa shape index (κ2) is 3.73. The Balaban J connectivity index is 2.02. The molecule has 0 saturated heterocycles. The number of hydrogen-bond acceptors (Lipinski definition) is 2. The third kappa shape index (κ3) is 2.41. The van der Waals surface area contributed by atoms with Gasteiger partial charge in [0.15, 0.2) is 0 Å². The molecule has 0 radical (unpaired) electrons. The minimum atomic E-state index is -4.18. The van der Waals surface area contributed by atoms with E-state index < -0.39 is 12.7 Å². The van der Waals surface area contributed by atoms with Crippen LogP contribution in [0.25, 0.3) is 0 Å². The first-order chi connectivity index (χ1) is 7.06. The molecular weight excluding hydrogens is 207 g/mol. The normalized spacial score (nSPS) is 19.8. The smallest absolute Gasteiger partial charge is 0.401 e. The summed E-state index contributed by atoms with van der Waals surface area (Å²) in [5, 5.41) is 2.43. The number of ether oxygens (including phenoxy) is 1. The molecule has 0 fully saturated rings. The van der Waals surface area contributed by atoms with Crippen LogP contribution in [0, 0.1) is 0 Å². The van der Waals surface area contributed by atoms with Crippen LogP contribution in [-0.4, -0.2) is 19.3 Å². The minimum Gasteiger partial charge on any atom is -0.491 e. The number of nitrogens with one attached hydrogen (secondary N) is 1. The molecule has 0 bridgehead atoms. The monoisotopic (exact) mass is 217 g/mol. The molecule has 1 aliphatic rings. The lowest BCUT2D eigenvalue weighted by atomic mass is 10.1. The van der Waals surface area contributed by atoms with Crippen LogP contribution in [0.15, 0.2) is 24.3 Å². The van der Waals surface area contributed by atoms with Crippen molar-refractivity contribution < 1.29 is 17.9 Å². The maximum absolute atomic E-state index is 12.0. The molecular formula is C10H10F3NO. The van der Waals surface area contributed by atoms with Crippen LogP contribution in [-0.2, 0) is 0 Å². The fourth-order valence-electron chi connectivity index (χ4n) is 1.57. The Labute approximate surface area is 85.0 Å². The molecule has 5 heteroatoms. The zero-order chi connectivity index (χ0) is 10.9. The molecule has 2 nitrogen and oxygen atoms in total. The van der Waals surface area contributed by atoms with Crippen molar-refractivity contribution >= 4 is 0 Å². The molecule has 82 valence electrons. The molecule has 1 N–H and O–H groups in total. The summed E-state index contributed by atoms with van der Waals surface area (Å²) >= 11 is 0. The molecule has 1 atom stereocenters. The standard InChI is InChI=1S/C10H10F3NO/c11-10(12,13)6-14-8-5-15-9-4-2-1-3-7(8)9/h1-4,8,14H,5-6H2. The zero-order valence-electron chi connectivity index (χ0n) is 7.84. The van der Waals surface area contributed by atoms with Gasteiger partial charge >= 0.3 is 6.18 Å². The molecule has 1 aromatic carbocycles. The SMILES string of the molecule is FC(F)(F)CNC1COc2ccccc21. The van der Waals surface area contributed by atoms with E-state index in [0.717, 1.165) is 5.56 Å². The number of hydrogen-bond donors (Lipinski definition) is 1. The number of alkyl halides is 3. The van der Waals surface area contributed by atoms with Crippen molar-refractivity contribution in [1.29, 1.82) is 0 Å². The minimum absolute atomic E-state index is 0.259. The zero-order valence-corrected chi connectivity index (χ0v) is 7.84. The van der Waals surface area contributed by atoms with Crippen LogP contribution in [0.2, 0.25) is 0 Å². The van der Waals surface area contributed by atoms with E-state index >= 15 is 0 Å². The van der Waals surface area contributed by atoms with Gasteiger partial charge in [-0.3, -0.25) is 5.32 Å². The predicted octanol–water partition coefficient (Wildman–Crippen LogP) is 2.27. The summed E-state index contributed by atoms with van der Waals surface area (Å²) in [5.41, 5.74) is 0.793. The molecule has 0 aromatic heterocycles. The molecule has 0 saturated carbocycles. The fraction of sp³-hybridized carbons (Fsp3) is 0.400. The summed E-state index contributed by atoms with van der Waals surface area (Å²) in [6.07, 6.45) is -4.18. The molecule has 2 rings (SSSR count). The summed E-state index contributed by atoms with van der Waals surface area (Å²) < 4.78 is 41.2. The highest BCUT2D eigenvalue weighted by molar-refractivity contribution is 5.39. The lowest BCUT2D eigenvalue weighted by Crippen LogP contribution is -2.32. The molecule has 1 heterocycles. The second-order valence-electron chi connectivity index (χ2n) is 3.40. The van der Waals surface area contributed by atoms with Gasteiger partial charge in [0, 0.05) is 5.56 Å². The maximum atomic E-state index is 12.0. The molecule has 0 amide bonds. The highest BCUT2D eigenvalue weighted by Crippen LogP contribution is 2.32. The van der Waals surface area contributed by atoms with Crippen LogP contribution in [0.4, 0.5) is 13.2 Å².